The number of benzene rings is 6. The molecule has 8 aromatic rings. The molecule has 8 rings (SSSR count). The van der Waals surface area contributed by atoms with E-state index in [9.17, 15) is 5.11 Å². The van der Waals surface area contributed by atoms with E-state index in [1.54, 1.807) is 6.07 Å². The van der Waals surface area contributed by atoms with Crippen LogP contribution in [-0.2, 0) is 37.3 Å². The van der Waals surface area contributed by atoms with Crippen LogP contribution in [0.5, 0.6) is 5.75 Å². The summed E-state index contributed by atoms with van der Waals surface area (Å²) in [5, 5.41) is 11.4. The summed E-state index contributed by atoms with van der Waals surface area (Å²) in [4.78, 5) is 10.3. The summed E-state index contributed by atoms with van der Waals surface area (Å²) in [7, 11) is 0. The van der Waals surface area contributed by atoms with E-state index in [2.05, 4.69) is 188 Å². The molecule has 0 amide bonds. The van der Waals surface area contributed by atoms with Crippen molar-refractivity contribution in [3.05, 3.63) is 168 Å². The largest absolute Gasteiger partial charge is 0.507 e. The molecule has 4 nitrogen and oxygen atoms in total. The maximum Gasteiger partial charge on any atom is 0.148 e. The van der Waals surface area contributed by atoms with Crippen LogP contribution >= 0.6 is 0 Å². The summed E-state index contributed by atoms with van der Waals surface area (Å²) >= 11 is 0. The van der Waals surface area contributed by atoms with Gasteiger partial charge in [0.05, 0.1) is 22.3 Å². The molecule has 0 saturated carbocycles. The molecule has 5 heteroatoms. The van der Waals surface area contributed by atoms with Crippen molar-refractivity contribution >= 4 is 11.0 Å². The van der Waals surface area contributed by atoms with E-state index in [0.717, 1.165) is 61.4 Å². The van der Waals surface area contributed by atoms with Gasteiger partial charge in [-0.3, -0.25) is 9.55 Å². The molecule has 0 saturated heterocycles. The van der Waals surface area contributed by atoms with Crippen molar-refractivity contribution in [1.82, 2.24) is 14.5 Å². The van der Waals surface area contributed by atoms with Gasteiger partial charge in [-0.2, -0.15) is 0 Å². The zero-order valence-corrected chi connectivity index (χ0v) is 37.7. The van der Waals surface area contributed by atoms with Crippen LogP contribution in [0.3, 0.4) is 0 Å². The number of aromatic hydroxyl groups is 1. The molecule has 6 aromatic carbocycles. The molecule has 300 valence electrons. The molecule has 0 fully saturated rings. The fraction of sp³-hybridized carbons (Fsp3) is 0.222. The van der Waals surface area contributed by atoms with Crippen LogP contribution in [0.4, 0.5) is 0 Å². The summed E-state index contributed by atoms with van der Waals surface area (Å²) in [6, 6.07) is 52.5. The number of phenolic OH excluding ortho intramolecular Hbond substituents is 1. The molecule has 0 atom stereocenters. The number of aromatic nitrogens is 3. The van der Waals surface area contributed by atoms with Gasteiger partial charge in [0.25, 0.3) is 0 Å². The first kappa shape index (κ1) is 41.6. The van der Waals surface area contributed by atoms with E-state index in [-0.39, 0.29) is 43.1 Å². The summed E-state index contributed by atoms with van der Waals surface area (Å²) in [5.41, 5.74) is 15.2. The van der Waals surface area contributed by atoms with Gasteiger partial charge in [-0.15, -0.1) is 29.3 Å². The molecular formula is C54H52N3OPt-. The van der Waals surface area contributed by atoms with E-state index >= 15 is 0 Å². The number of nitrogens with zero attached hydrogens (tertiary/aromatic N) is 3. The zero-order valence-electron chi connectivity index (χ0n) is 35.5. The molecule has 0 aliphatic heterocycles. The molecular weight excluding hydrogens is 902 g/mol. The first-order valence-corrected chi connectivity index (χ1v) is 20.2. The molecule has 2 heterocycles. The van der Waals surface area contributed by atoms with Gasteiger partial charge in [0.2, 0.25) is 0 Å². The Morgan fingerprint density at radius 1 is 0.508 bits per heavy atom. The maximum absolute atomic E-state index is 11.4. The zero-order chi connectivity index (χ0) is 41.0. The van der Waals surface area contributed by atoms with E-state index in [4.69, 9.17) is 9.97 Å². The van der Waals surface area contributed by atoms with Gasteiger partial charge in [0, 0.05) is 38.5 Å². The monoisotopic (exact) mass is 953 g/mol. The average Bonchev–Trinajstić information content (AvgIpc) is 3.59. The Morgan fingerprint density at radius 2 is 1.14 bits per heavy atom. The van der Waals surface area contributed by atoms with Gasteiger partial charge in [0.1, 0.15) is 11.6 Å². The van der Waals surface area contributed by atoms with Crippen molar-refractivity contribution in [3.63, 3.8) is 0 Å². The van der Waals surface area contributed by atoms with Crippen LogP contribution in [0.2, 0.25) is 0 Å². The van der Waals surface area contributed by atoms with Crippen molar-refractivity contribution in [3.8, 4) is 67.5 Å². The normalized spacial score (nSPS) is 12.1. The second-order valence-corrected chi connectivity index (χ2v) is 18.5. The fourth-order valence-corrected chi connectivity index (χ4v) is 7.66. The molecule has 59 heavy (non-hydrogen) atoms. The third-order valence-corrected chi connectivity index (χ3v) is 11.2. The Morgan fingerprint density at radius 3 is 1.81 bits per heavy atom. The molecule has 0 spiro atoms. The number of imidazole rings is 1. The van der Waals surface area contributed by atoms with Crippen LogP contribution in [0.25, 0.3) is 72.7 Å². The molecule has 1 N–H and O–H groups in total. The van der Waals surface area contributed by atoms with E-state index in [0.29, 0.717) is 11.4 Å². The standard InChI is InChI=1S/C54H52N3O.Pt/c1-52(2,3)40-24-22-35(23-25-40)37-28-29-55-46(33-37)39-30-38(31-42(32-39)54(7,8)9)43-19-15-20-48-50(43)56-51(44-18-13-14-21-49(44)58)57(48)47-27-26-41(53(4,5)6)34-45(47)36-16-11-10-12-17-36;/h10-29,31-34,58H,1-9H3;/q-1;. The Bertz CT molecular complexity index is 2780. The molecule has 0 radical (unpaired) electrons. The van der Waals surface area contributed by atoms with Gasteiger partial charge in [0.15, 0.2) is 0 Å². The number of hydrogen-bond donors (Lipinski definition) is 1. The molecule has 0 bridgehead atoms. The van der Waals surface area contributed by atoms with Crippen molar-refractivity contribution < 1.29 is 26.2 Å². The molecule has 0 aliphatic carbocycles. The summed E-state index contributed by atoms with van der Waals surface area (Å²) < 4.78 is 2.22. The van der Waals surface area contributed by atoms with Crippen LogP contribution in [0, 0.1) is 6.07 Å². The van der Waals surface area contributed by atoms with Gasteiger partial charge in [-0.05, 0) is 80.5 Å². The van der Waals surface area contributed by atoms with Crippen LogP contribution in [0.15, 0.2) is 146 Å². The van der Waals surface area contributed by atoms with Gasteiger partial charge in [-0.25, -0.2) is 4.98 Å². The molecule has 0 unspecified atom stereocenters. The summed E-state index contributed by atoms with van der Waals surface area (Å²) in [5.74, 6) is 0.844. The minimum atomic E-state index is -0.146. The Kier molecular flexibility index (Phi) is 11.2. The number of pyridine rings is 1. The van der Waals surface area contributed by atoms with Crippen LogP contribution in [-0.4, -0.2) is 19.6 Å². The fourth-order valence-electron chi connectivity index (χ4n) is 7.66. The number of para-hydroxylation sites is 2. The van der Waals surface area contributed by atoms with E-state index in [1.807, 2.05) is 24.4 Å². The Hall–Kier alpha value is -5.57. The number of fused-ring (bicyclic) bond motifs is 1. The van der Waals surface area contributed by atoms with Gasteiger partial charge < -0.3 is 5.11 Å². The third-order valence-electron chi connectivity index (χ3n) is 11.2. The van der Waals surface area contributed by atoms with E-state index < -0.39 is 0 Å². The Balaban J connectivity index is 0.00000528. The van der Waals surface area contributed by atoms with Crippen molar-refractivity contribution in [2.75, 3.05) is 0 Å². The first-order chi connectivity index (χ1) is 27.6. The number of rotatable bonds is 6. The number of hydrogen-bond acceptors (Lipinski definition) is 3. The average molecular weight is 954 g/mol. The minimum Gasteiger partial charge on any atom is -0.507 e. The molecule has 2 aromatic heterocycles. The smallest absolute Gasteiger partial charge is 0.148 e. The quantitative estimate of drug-likeness (QED) is 0.169. The van der Waals surface area contributed by atoms with Crippen LogP contribution < -0.4 is 0 Å². The first-order valence-electron chi connectivity index (χ1n) is 20.2. The van der Waals surface area contributed by atoms with Crippen molar-refractivity contribution in [1.29, 1.82) is 0 Å². The molecule has 0 aliphatic rings. The SMILES string of the molecule is CC(C)(C)c1ccc(-c2ccnc(-c3[c-]c(-c4cccc5c4nc(-c4ccccc4O)n5-c4ccc(C(C)(C)C)cc4-c4ccccc4)cc(C(C)(C)C)c3)c2)cc1.[Pt]. The van der Waals surface area contributed by atoms with Crippen molar-refractivity contribution in [2.24, 2.45) is 0 Å². The predicted molar refractivity (Wildman–Crippen MR) is 243 cm³/mol. The summed E-state index contributed by atoms with van der Waals surface area (Å²) in [6.07, 6.45) is 1.90. The summed E-state index contributed by atoms with van der Waals surface area (Å²) in [6.45, 7) is 20.2. The number of phenols is 1. The predicted octanol–water partition coefficient (Wildman–Crippen LogP) is 14.2. The topological polar surface area (TPSA) is 50.9 Å². The Labute approximate surface area is 364 Å². The van der Waals surface area contributed by atoms with E-state index in [1.165, 1.54) is 16.7 Å². The minimum absolute atomic E-state index is 0. The third kappa shape index (κ3) is 8.34. The maximum atomic E-state index is 11.4. The van der Waals surface area contributed by atoms with Gasteiger partial charge >= 0.3 is 0 Å². The second kappa shape index (κ2) is 15.9. The van der Waals surface area contributed by atoms with Crippen LogP contribution in [0.1, 0.15) is 79.0 Å². The second-order valence-electron chi connectivity index (χ2n) is 18.5. The van der Waals surface area contributed by atoms with Gasteiger partial charge in [-0.1, -0.05) is 164 Å². The van der Waals surface area contributed by atoms with Crippen molar-refractivity contribution in [2.45, 2.75) is 78.6 Å².